The van der Waals surface area contributed by atoms with Gasteiger partial charge in [0.1, 0.15) is 11.5 Å². The van der Waals surface area contributed by atoms with E-state index in [1.54, 1.807) is 13.2 Å². The molecular weight excluding hydrogens is 604 g/mol. The van der Waals surface area contributed by atoms with Gasteiger partial charge >= 0.3 is 0 Å². The number of fused-ring (bicyclic) bond motifs is 6. The van der Waals surface area contributed by atoms with Crippen LogP contribution in [-0.4, -0.2) is 23.8 Å². The van der Waals surface area contributed by atoms with Crippen molar-refractivity contribution in [2.45, 2.75) is 87.9 Å². The van der Waals surface area contributed by atoms with Crippen molar-refractivity contribution in [1.82, 2.24) is 0 Å². The molecule has 2 atom stereocenters. The molecule has 0 saturated heterocycles. The van der Waals surface area contributed by atoms with Gasteiger partial charge in [0.15, 0.2) is 11.6 Å². The summed E-state index contributed by atoms with van der Waals surface area (Å²) in [6, 6.07) is 33.6. The molecule has 49 heavy (non-hydrogen) atoms. The molecule has 0 heterocycles. The van der Waals surface area contributed by atoms with Gasteiger partial charge in [-0.1, -0.05) is 83.9 Å². The summed E-state index contributed by atoms with van der Waals surface area (Å²) in [7, 11) is 1.72. The summed E-state index contributed by atoms with van der Waals surface area (Å²) in [4.78, 5) is 24.2. The second kappa shape index (κ2) is 14.0. The van der Waals surface area contributed by atoms with Crippen LogP contribution in [0, 0.1) is 0 Å². The van der Waals surface area contributed by atoms with Crippen molar-refractivity contribution >= 4 is 11.6 Å². The van der Waals surface area contributed by atoms with Crippen LogP contribution in [-0.2, 0) is 46.1 Å². The maximum Gasteiger partial charge on any atom is 0.155 e. The lowest BCUT2D eigenvalue weighted by molar-refractivity contribution is -0.116. The first-order valence-electron chi connectivity index (χ1n) is 17.9. The molecule has 0 fully saturated rings. The molecule has 4 aliphatic carbocycles. The number of ketones is 2. The van der Waals surface area contributed by atoms with E-state index in [-0.39, 0.29) is 22.4 Å². The normalized spacial score (nSPS) is 22.7. The first-order chi connectivity index (χ1) is 23.9. The number of allylic oxidation sites excluding steroid dienone is 4. The number of hydrogen-bond acceptors (Lipinski definition) is 4. The van der Waals surface area contributed by atoms with Crippen molar-refractivity contribution in [2.24, 2.45) is 0 Å². The highest BCUT2D eigenvalue weighted by molar-refractivity contribution is 5.93. The molecule has 0 radical (unpaired) electrons. The van der Waals surface area contributed by atoms with Crippen molar-refractivity contribution in [2.75, 3.05) is 7.11 Å². The number of phenols is 1. The van der Waals surface area contributed by atoms with E-state index in [4.69, 9.17) is 4.74 Å². The molecule has 0 spiro atoms. The summed E-state index contributed by atoms with van der Waals surface area (Å²) in [5, 5.41) is 9.92. The number of carbonyl (C=O) groups excluding carboxylic acids is 2. The van der Waals surface area contributed by atoms with Crippen LogP contribution in [0.5, 0.6) is 11.5 Å². The second-order valence-corrected chi connectivity index (χ2v) is 14.3. The number of hydrogen-bond donors (Lipinski definition) is 1. The van der Waals surface area contributed by atoms with Crippen molar-refractivity contribution < 1.29 is 19.4 Å². The first kappa shape index (κ1) is 32.8. The lowest BCUT2D eigenvalue weighted by Gasteiger charge is -2.39. The second-order valence-electron chi connectivity index (χ2n) is 14.3. The number of benzene rings is 4. The third-order valence-corrected chi connectivity index (χ3v) is 11.4. The smallest absolute Gasteiger partial charge is 0.155 e. The Morgan fingerprint density at radius 2 is 1.08 bits per heavy atom. The van der Waals surface area contributed by atoms with Crippen molar-refractivity contribution in [1.29, 1.82) is 0 Å². The van der Waals surface area contributed by atoms with Crippen LogP contribution in [0.2, 0.25) is 0 Å². The van der Waals surface area contributed by atoms with Gasteiger partial charge in [0, 0.05) is 23.7 Å². The minimum absolute atomic E-state index is 0.0482. The van der Waals surface area contributed by atoms with E-state index < -0.39 is 0 Å². The van der Waals surface area contributed by atoms with E-state index in [1.807, 2.05) is 24.3 Å². The van der Waals surface area contributed by atoms with E-state index >= 15 is 0 Å². The summed E-state index contributed by atoms with van der Waals surface area (Å²) < 4.78 is 5.46. The lowest BCUT2D eigenvalue weighted by Crippen LogP contribution is -2.35. The van der Waals surface area contributed by atoms with Gasteiger partial charge in [-0.3, -0.25) is 9.59 Å². The Kier molecular flexibility index (Phi) is 9.40. The highest BCUT2D eigenvalue weighted by Crippen LogP contribution is 2.50. The van der Waals surface area contributed by atoms with Gasteiger partial charge in [0.2, 0.25) is 0 Å². The molecule has 0 aromatic heterocycles. The molecule has 0 saturated carbocycles. The van der Waals surface area contributed by atoms with Gasteiger partial charge in [-0.15, -0.1) is 0 Å². The number of carbonyl (C=O) groups is 2. The predicted octanol–water partition coefficient (Wildman–Crippen LogP) is 9.30. The van der Waals surface area contributed by atoms with Crippen LogP contribution >= 0.6 is 0 Å². The topological polar surface area (TPSA) is 63.6 Å². The molecule has 8 rings (SSSR count). The van der Waals surface area contributed by atoms with E-state index in [0.29, 0.717) is 18.6 Å². The predicted molar refractivity (Wildman–Crippen MR) is 195 cm³/mol. The zero-order valence-corrected chi connectivity index (χ0v) is 28.5. The average molecular weight is 651 g/mol. The van der Waals surface area contributed by atoms with Gasteiger partial charge in [-0.2, -0.15) is 0 Å². The largest absolute Gasteiger partial charge is 0.508 e. The van der Waals surface area contributed by atoms with Crippen molar-refractivity contribution in [3.05, 3.63) is 154 Å². The quantitative estimate of drug-likeness (QED) is 0.234. The van der Waals surface area contributed by atoms with Crippen molar-refractivity contribution in [3.8, 4) is 11.5 Å². The average Bonchev–Trinajstić information content (AvgIpc) is 3.36. The van der Waals surface area contributed by atoms with Gasteiger partial charge in [0.05, 0.1) is 7.11 Å². The zero-order valence-electron chi connectivity index (χ0n) is 28.5. The molecule has 4 nitrogen and oxygen atoms in total. The Morgan fingerprint density at radius 1 is 0.592 bits per heavy atom. The Hall–Kier alpha value is -4.70. The van der Waals surface area contributed by atoms with Crippen LogP contribution in [0.1, 0.15) is 84.7 Å². The summed E-state index contributed by atoms with van der Waals surface area (Å²) in [5.74, 6) is 1.81. The Balaban J connectivity index is 0.000000154. The third-order valence-electron chi connectivity index (χ3n) is 11.4. The minimum atomic E-state index is -0.102. The molecule has 0 aliphatic heterocycles. The molecule has 1 N–H and O–H groups in total. The maximum absolute atomic E-state index is 12.1. The fourth-order valence-corrected chi connectivity index (χ4v) is 9.09. The number of ether oxygens (including phenoxy) is 1. The number of methoxy groups -OCH3 is 1. The zero-order chi connectivity index (χ0) is 33.8. The van der Waals surface area contributed by atoms with Crippen LogP contribution in [0.15, 0.2) is 120 Å². The Labute approximate surface area is 290 Å². The summed E-state index contributed by atoms with van der Waals surface area (Å²) >= 11 is 0. The van der Waals surface area contributed by atoms with E-state index in [1.165, 1.54) is 44.5 Å². The molecule has 250 valence electrons. The Morgan fingerprint density at radius 3 is 1.59 bits per heavy atom. The van der Waals surface area contributed by atoms with E-state index in [2.05, 4.69) is 78.9 Å². The van der Waals surface area contributed by atoms with E-state index in [0.717, 1.165) is 70.0 Å². The summed E-state index contributed by atoms with van der Waals surface area (Å²) in [5.41, 5.74) is 10.4. The van der Waals surface area contributed by atoms with Gasteiger partial charge in [-0.05, 0) is 134 Å². The number of aryl methyl sites for hydroxylation is 2. The number of aromatic hydroxyl groups is 1. The molecule has 4 aromatic rings. The molecule has 4 heteroatoms. The van der Waals surface area contributed by atoms with Crippen LogP contribution in [0.3, 0.4) is 0 Å². The van der Waals surface area contributed by atoms with E-state index in [9.17, 15) is 14.7 Å². The monoisotopic (exact) mass is 650 g/mol. The fourth-order valence-electron chi connectivity index (χ4n) is 9.09. The highest BCUT2D eigenvalue weighted by Gasteiger charge is 2.43. The third kappa shape index (κ3) is 6.66. The summed E-state index contributed by atoms with van der Waals surface area (Å²) in [6.07, 6.45) is 14.9. The fraction of sp³-hybridized carbons (Fsp3) is 0.333. The minimum Gasteiger partial charge on any atom is -0.508 e. The standard InChI is InChI=1S/C23H24O2.C22H22O2/c1-25-21-10-11-22-18(14-21)8-5-9-19-15-20(24)12-13-23(19,22)16-17-6-3-2-4-7-17;23-19-9-10-21-17(13-19)7-4-8-18-14-20(24)11-12-22(18,21)15-16-5-2-1-3-6-16/h2-4,6-7,10-11,14-15H,5,8-9,12-13,16H2,1H3;1-3,5-6,9-10,13-14,23H,4,7-8,11-12,15H2. The lowest BCUT2D eigenvalue weighted by atomic mass is 9.63. The SMILES string of the molecule is COc1ccc2c(c1)CCCC1=CC(=O)CCC12Cc1ccccc1.O=C1C=C2CCCc3cc(O)ccc3C2(Cc2ccccc2)CC1. The number of rotatable bonds is 5. The first-order valence-corrected chi connectivity index (χ1v) is 17.9. The van der Waals surface area contributed by atoms with Gasteiger partial charge in [0.25, 0.3) is 0 Å². The van der Waals surface area contributed by atoms with Gasteiger partial charge in [-0.25, -0.2) is 0 Å². The molecule has 4 aromatic carbocycles. The van der Waals surface area contributed by atoms with Crippen LogP contribution in [0.4, 0.5) is 0 Å². The van der Waals surface area contributed by atoms with Crippen LogP contribution in [0.25, 0.3) is 0 Å². The molecule has 0 amide bonds. The molecule has 2 unspecified atom stereocenters. The maximum atomic E-state index is 12.1. The molecular formula is C45H46O4. The van der Waals surface area contributed by atoms with Crippen molar-refractivity contribution in [3.63, 3.8) is 0 Å². The molecule has 4 aliphatic rings. The highest BCUT2D eigenvalue weighted by atomic mass is 16.5. The molecule has 0 bridgehead atoms. The number of phenolic OH excluding ortho intramolecular Hbond substituents is 1. The summed E-state index contributed by atoms with van der Waals surface area (Å²) in [6.45, 7) is 0. The van der Waals surface area contributed by atoms with Crippen LogP contribution < -0.4 is 4.74 Å². The Bertz CT molecular complexity index is 1900. The van der Waals surface area contributed by atoms with Gasteiger partial charge < -0.3 is 9.84 Å².